The molecule has 0 amide bonds. The van der Waals surface area contributed by atoms with Gasteiger partial charge in [0.25, 0.3) is 5.69 Å². The molecule has 0 spiro atoms. The topological polar surface area (TPSA) is 96.5 Å². The minimum absolute atomic E-state index is 0.0942. The van der Waals surface area contributed by atoms with Gasteiger partial charge in [-0.1, -0.05) is 12.1 Å². The SMILES string of the molecule is COC(=O)C1=C(C)N(C)C(C)=C(C#N)C1c1cccc([N+](=O)[O-])c1. The number of esters is 1. The summed E-state index contributed by atoms with van der Waals surface area (Å²) in [4.78, 5) is 24.6. The zero-order valence-electron chi connectivity index (χ0n) is 13.9. The molecule has 0 radical (unpaired) electrons. The molecule has 0 fully saturated rings. The lowest BCUT2D eigenvalue weighted by Crippen LogP contribution is -2.29. The Labute approximate surface area is 139 Å². The Kier molecular flexibility index (Phi) is 4.69. The molecule has 124 valence electrons. The van der Waals surface area contributed by atoms with Crippen LogP contribution in [0.25, 0.3) is 0 Å². The van der Waals surface area contributed by atoms with Gasteiger partial charge >= 0.3 is 5.97 Å². The molecule has 1 aromatic carbocycles. The smallest absolute Gasteiger partial charge is 0.336 e. The van der Waals surface area contributed by atoms with Gasteiger partial charge in [0.05, 0.1) is 35.2 Å². The van der Waals surface area contributed by atoms with Crippen molar-refractivity contribution in [3.8, 4) is 6.07 Å². The molecule has 1 aliphatic heterocycles. The molecular formula is C17H17N3O4. The molecule has 1 aliphatic rings. The maximum Gasteiger partial charge on any atom is 0.336 e. The molecule has 1 heterocycles. The van der Waals surface area contributed by atoms with E-state index in [0.29, 0.717) is 28.1 Å². The van der Waals surface area contributed by atoms with Crippen LogP contribution < -0.4 is 0 Å². The van der Waals surface area contributed by atoms with Crippen molar-refractivity contribution in [2.24, 2.45) is 0 Å². The molecule has 2 rings (SSSR count). The van der Waals surface area contributed by atoms with Crippen LogP contribution in [0, 0.1) is 21.4 Å². The number of nitriles is 1. The molecule has 24 heavy (non-hydrogen) atoms. The van der Waals surface area contributed by atoms with E-state index in [4.69, 9.17) is 4.74 Å². The number of methoxy groups -OCH3 is 1. The van der Waals surface area contributed by atoms with Crippen molar-refractivity contribution in [1.29, 1.82) is 5.26 Å². The molecule has 0 saturated heterocycles. The number of ether oxygens (including phenoxy) is 1. The molecule has 1 unspecified atom stereocenters. The highest BCUT2D eigenvalue weighted by Crippen LogP contribution is 2.41. The van der Waals surface area contributed by atoms with Gasteiger partial charge in [-0.3, -0.25) is 10.1 Å². The van der Waals surface area contributed by atoms with Gasteiger partial charge in [-0.15, -0.1) is 0 Å². The molecular weight excluding hydrogens is 310 g/mol. The highest BCUT2D eigenvalue weighted by Gasteiger charge is 2.36. The highest BCUT2D eigenvalue weighted by atomic mass is 16.6. The number of nitro groups is 1. The summed E-state index contributed by atoms with van der Waals surface area (Å²) in [5, 5.41) is 20.7. The maximum absolute atomic E-state index is 12.3. The predicted molar refractivity (Wildman–Crippen MR) is 86.6 cm³/mol. The summed E-state index contributed by atoms with van der Waals surface area (Å²) in [6, 6.07) is 8.11. The predicted octanol–water partition coefficient (Wildman–Crippen LogP) is 2.87. The molecule has 0 aromatic heterocycles. The Hall–Kier alpha value is -3.14. The number of carbonyl (C=O) groups excluding carboxylic acids is 1. The molecule has 1 atom stereocenters. The van der Waals surface area contributed by atoms with E-state index in [9.17, 15) is 20.2 Å². The van der Waals surface area contributed by atoms with Crippen LogP contribution in [0.15, 0.2) is 46.8 Å². The Balaban J connectivity index is 2.74. The van der Waals surface area contributed by atoms with Crippen LogP contribution in [-0.4, -0.2) is 29.9 Å². The van der Waals surface area contributed by atoms with E-state index in [1.807, 2.05) is 0 Å². The molecule has 0 saturated carbocycles. The minimum atomic E-state index is -0.696. The van der Waals surface area contributed by atoms with Crippen LogP contribution in [0.4, 0.5) is 5.69 Å². The zero-order valence-corrected chi connectivity index (χ0v) is 13.9. The zero-order chi connectivity index (χ0) is 18.0. The van der Waals surface area contributed by atoms with Gasteiger partial charge in [0.15, 0.2) is 0 Å². The van der Waals surface area contributed by atoms with Gasteiger partial charge in [0.2, 0.25) is 0 Å². The van der Waals surface area contributed by atoms with Crippen molar-refractivity contribution in [3.63, 3.8) is 0 Å². The van der Waals surface area contributed by atoms with Gasteiger partial charge in [-0.05, 0) is 19.4 Å². The van der Waals surface area contributed by atoms with E-state index in [-0.39, 0.29) is 5.69 Å². The number of benzene rings is 1. The normalized spacial score (nSPS) is 17.6. The van der Waals surface area contributed by atoms with E-state index in [2.05, 4.69) is 6.07 Å². The quantitative estimate of drug-likeness (QED) is 0.481. The number of hydrogen-bond acceptors (Lipinski definition) is 6. The second-order valence-electron chi connectivity index (χ2n) is 5.45. The minimum Gasteiger partial charge on any atom is -0.466 e. The van der Waals surface area contributed by atoms with E-state index in [1.54, 1.807) is 37.9 Å². The fraction of sp³-hybridized carbons (Fsp3) is 0.294. The first-order valence-electron chi connectivity index (χ1n) is 7.21. The Bertz CT molecular complexity index is 817. The number of nitrogens with zero attached hydrogens (tertiary/aromatic N) is 3. The van der Waals surface area contributed by atoms with Gasteiger partial charge in [-0.25, -0.2) is 4.79 Å². The van der Waals surface area contributed by atoms with Crippen LogP contribution in [-0.2, 0) is 9.53 Å². The monoisotopic (exact) mass is 327 g/mol. The summed E-state index contributed by atoms with van der Waals surface area (Å²) < 4.78 is 4.88. The second kappa shape index (κ2) is 6.54. The van der Waals surface area contributed by atoms with Crippen molar-refractivity contribution < 1.29 is 14.5 Å². The van der Waals surface area contributed by atoms with Crippen LogP contribution >= 0.6 is 0 Å². The summed E-state index contributed by atoms with van der Waals surface area (Å²) >= 11 is 0. The Morgan fingerprint density at radius 1 is 1.38 bits per heavy atom. The lowest BCUT2D eigenvalue weighted by molar-refractivity contribution is -0.384. The average molecular weight is 327 g/mol. The number of carbonyl (C=O) groups is 1. The van der Waals surface area contributed by atoms with Crippen LogP contribution in [0.1, 0.15) is 25.3 Å². The summed E-state index contributed by atoms with van der Waals surface area (Å²) in [5.41, 5.74) is 2.43. The van der Waals surface area contributed by atoms with Crippen molar-refractivity contribution in [2.75, 3.05) is 14.2 Å². The van der Waals surface area contributed by atoms with Gasteiger partial charge < -0.3 is 9.64 Å². The first-order chi connectivity index (χ1) is 11.3. The Morgan fingerprint density at radius 2 is 2.04 bits per heavy atom. The van der Waals surface area contributed by atoms with Crippen LogP contribution in [0.5, 0.6) is 0 Å². The highest BCUT2D eigenvalue weighted by molar-refractivity contribution is 5.93. The number of rotatable bonds is 3. The summed E-state index contributed by atoms with van der Waals surface area (Å²) in [5.74, 6) is -1.25. The van der Waals surface area contributed by atoms with Gasteiger partial charge in [-0.2, -0.15) is 5.26 Å². The largest absolute Gasteiger partial charge is 0.466 e. The molecule has 0 aliphatic carbocycles. The summed E-state index contributed by atoms with van der Waals surface area (Å²) in [7, 11) is 3.03. The standard InChI is InChI=1S/C17H17N3O4/c1-10-14(9-18)16(12-6-5-7-13(8-12)20(22)23)15(17(21)24-4)11(2)19(10)3/h5-8,16H,1-4H3. The van der Waals surface area contributed by atoms with E-state index in [1.165, 1.54) is 19.2 Å². The van der Waals surface area contributed by atoms with Gasteiger partial charge in [0, 0.05) is 30.6 Å². The van der Waals surface area contributed by atoms with Crippen LogP contribution in [0.2, 0.25) is 0 Å². The van der Waals surface area contributed by atoms with Crippen molar-refractivity contribution >= 4 is 11.7 Å². The fourth-order valence-corrected chi connectivity index (χ4v) is 2.85. The lowest BCUT2D eigenvalue weighted by atomic mass is 9.80. The third-order valence-electron chi connectivity index (χ3n) is 4.30. The fourth-order valence-electron chi connectivity index (χ4n) is 2.85. The molecule has 0 bridgehead atoms. The number of hydrogen-bond donors (Lipinski definition) is 0. The summed E-state index contributed by atoms with van der Waals surface area (Å²) in [6.45, 7) is 3.54. The average Bonchev–Trinajstić information content (AvgIpc) is 2.58. The van der Waals surface area contributed by atoms with Crippen molar-refractivity contribution in [3.05, 3.63) is 62.5 Å². The molecule has 7 heteroatoms. The number of non-ortho nitro benzene ring substituents is 1. The number of allylic oxidation sites excluding steroid dienone is 3. The first-order valence-corrected chi connectivity index (χ1v) is 7.21. The maximum atomic E-state index is 12.3. The summed E-state index contributed by atoms with van der Waals surface area (Å²) in [6.07, 6.45) is 0. The van der Waals surface area contributed by atoms with E-state index < -0.39 is 16.8 Å². The lowest BCUT2D eigenvalue weighted by Gasteiger charge is -2.34. The molecule has 0 N–H and O–H groups in total. The first kappa shape index (κ1) is 17.2. The van der Waals surface area contributed by atoms with Crippen molar-refractivity contribution in [2.45, 2.75) is 19.8 Å². The number of nitro benzene ring substituents is 1. The third kappa shape index (κ3) is 2.74. The van der Waals surface area contributed by atoms with Crippen molar-refractivity contribution in [1.82, 2.24) is 4.90 Å². The third-order valence-corrected chi connectivity index (χ3v) is 4.30. The molecule has 7 nitrogen and oxygen atoms in total. The Morgan fingerprint density at radius 3 is 2.58 bits per heavy atom. The molecule has 1 aromatic rings. The van der Waals surface area contributed by atoms with Gasteiger partial charge in [0.1, 0.15) is 0 Å². The van der Waals surface area contributed by atoms with E-state index in [0.717, 1.165) is 0 Å². The second-order valence-corrected chi connectivity index (χ2v) is 5.45. The van der Waals surface area contributed by atoms with E-state index >= 15 is 0 Å². The van der Waals surface area contributed by atoms with Crippen LogP contribution in [0.3, 0.4) is 0 Å².